The highest BCUT2D eigenvalue weighted by molar-refractivity contribution is 5.77. The lowest BCUT2D eigenvalue weighted by Gasteiger charge is -2.26. The van der Waals surface area contributed by atoms with Crippen molar-refractivity contribution >= 4 is 5.91 Å². The molecule has 1 heterocycles. The van der Waals surface area contributed by atoms with Crippen LogP contribution in [0.3, 0.4) is 0 Å². The van der Waals surface area contributed by atoms with Gasteiger partial charge in [0.05, 0.1) is 20.3 Å². The molecule has 0 aromatic heterocycles. The highest BCUT2D eigenvalue weighted by Gasteiger charge is 2.31. The standard InChI is InChI=1S/C21H24FNO3/c1-25-17-9-10-18(20(14-17)26-2)19-7-4-12-23(19)21(24)11-8-15-5-3-6-16(22)13-15/h3,5-6,9-10,13-14,19H,4,7-8,11-12H2,1-2H3. The molecule has 3 rings (SSSR count). The normalized spacial score (nSPS) is 16.6. The molecule has 2 aromatic carbocycles. The Hall–Kier alpha value is -2.56. The summed E-state index contributed by atoms with van der Waals surface area (Å²) in [5.74, 6) is 1.29. The molecule has 1 amide bonds. The van der Waals surface area contributed by atoms with Crippen molar-refractivity contribution in [2.24, 2.45) is 0 Å². The summed E-state index contributed by atoms with van der Waals surface area (Å²) in [6.45, 7) is 0.738. The predicted octanol–water partition coefficient (Wildman–Crippen LogP) is 4.14. The second-order valence-electron chi connectivity index (χ2n) is 6.48. The number of hydrogen-bond acceptors (Lipinski definition) is 3. The summed E-state index contributed by atoms with van der Waals surface area (Å²) in [5, 5.41) is 0. The third kappa shape index (κ3) is 3.98. The number of ether oxygens (including phenoxy) is 2. The molecule has 1 fully saturated rings. The number of aryl methyl sites for hydroxylation is 1. The van der Waals surface area contributed by atoms with Crippen molar-refractivity contribution in [1.29, 1.82) is 0 Å². The van der Waals surface area contributed by atoms with Crippen molar-refractivity contribution in [2.75, 3.05) is 20.8 Å². The van der Waals surface area contributed by atoms with Crippen molar-refractivity contribution in [1.82, 2.24) is 4.90 Å². The lowest BCUT2D eigenvalue weighted by atomic mass is 10.0. The maximum atomic E-state index is 13.3. The van der Waals surface area contributed by atoms with Crippen LogP contribution >= 0.6 is 0 Å². The number of benzene rings is 2. The van der Waals surface area contributed by atoms with Crippen molar-refractivity contribution in [3.05, 3.63) is 59.4 Å². The zero-order valence-electron chi connectivity index (χ0n) is 15.2. The van der Waals surface area contributed by atoms with E-state index in [0.29, 0.717) is 12.8 Å². The second kappa shape index (κ2) is 8.21. The molecule has 1 unspecified atom stereocenters. The highest BCUT2D eigenvalue weighted by atomic mass is 19.1. The zero-order chi connectivity index (χ0) is 18.5. The summed E-state index contributed by atoms with van der Waals surface area (Å²) in [6, 6.07) is 12.2. The van der Waals surface area contributed by atoms with Gasteiger partial charge in [-0.25, -0.2) is 4.39 Å². The van der Waals surface area contributed by atoms with E-state index < -0.39 is 0 Å². The number of carbonyl (C=O) groups is 1. The Bertz CT molecular complexity index is 778. The summed E-state index contributed by atoms with van der Waals surface area (Å²) in [4.78, 5) is 14.7. The molecule has 5 heteroatoms. The van der Waals surface area contributed by atoms with E-state index in [2.05, 4.69) is 0 Å². The monoisotopic (exact) mass is 357 g/mol. The van der Waals surface area contributed by atoms with Crippen molar-refractivity contribution in [3.8, 4) is 11.5 Å². The number of halogens is 1. The molecule has 2 aromatic rings. The minimum absolute atomic E-state index is 0.0101. The number of amides is 1. The van der Waals surface area contributed by atoms with Crippen LogP contribution in [0.1, 0.15) is 36.4 Å². The molecule has 138 valence electrons. The quantitative estimate of drug-likeness (QED) is 0.780. The summed E-state index contributed by atoms with van der Waals surface area (Å²) < 4.78 is 24.1. The van der Waals surface area contributed by atoms with Gasteiger partial charge in [0.15, 0.2) is 0 Å². The average molecular weight is 357 g/mol. The molecular weight excluding hydrogens is 333 g/mol. The fraction of sp³-hybridized carbons (Fsp3) is 0.381. The van der Waals surface area contributed by atoms with Crippen LogP contribution in [-0.4, -0.2) is 31.6 Å². The molecule has 0 spiro atoms. The van der Waals surface area contributed by atoms with Gasteiger partial charge in [0, 0.05) is 24.6 Å². The SMILES string of the molecule is COc1ccc(C2CCCN2C(=O)CCc2cccc(F)c2)c(OC)c1. The predicted molar refractivity (Wildman–Crippen MR) is 98.0 cm³/mol. The summed E-state index contributed by atoms with van der Waals surface area (Å²) in [7, 11) is 3.25. The Morgan fingerprint density at radius 1 is 1.19 bits per heavy atom. The van der Waals surface area contributed by atoms with E-state index in [1.165, 1.54) is 12.1 Å². The van der Waals surface area contributed by atoms with E-state index in [0.717, 1.165) is 42.0 Å². The molecule has 0 saturated carbocycles. The molecule has 26 heavy (non-hydrogen) atoms. The molecule has 4 nitrogen and oxygen atoms in total. The van der Waals surface area contributed by atoms with Crippen LogP contribution in [-0.2, 0) is 11.2 Å². The van der Waals surface area contributed by atoms with Crippen LogP contribution in [0.5, 0.6) is 11.5 Å². The minimum Gasteiger partial charge on any atom is -0.497 e. The maximum Gasteiger partial charge on any atom is 0.223 e. The number of nitrogens with zero attached hydrogens (tertiary/aromatic N) is 1. The van der Waals surface area contributed by atoms with Crippen molar-refractivity contribution < 1.29 is 18.7 Å². The molecule has 0 radical (unpaired) electrons. The van der Waals surface area contributed by atoms with Gasteiger partial charge < -0.3 is 14.4 Å². The molecule has 0 N–H and O–H groups in total. The maximum absolute atomic E-state index is 13.3. The number of hydrogen-bond donors (Lipinski definition) is 0. The van der Waals surface area contributed by atoms with Gasteiger partial charge in [0.25, 0.3) is 0 Å². The molecule has 0 bridgehead atoms. The topological polar surface area (TPSA) is 38.8 Å². The van der Waals surface area contributed by atoms with Gasteiger partial charge in [-0.2, -0.15) is 0 Å². The fourth-order valence-electron chi connectivity index (χ4n) is 3.57. The van der Waals surface area contributed by atoms with Crippen LogP contribution in [0.15, 0.2) is 42.5 Å². The van der Waals surface area contributed by atoms with E-state index in [9.17, 15) is 9.18 Å². The van der Waals surface area contributed by atoms with Gasteiger partial charge in [-0.05, 0) is 49.1 Å². The Balaban J connectivity index is 1.72. The van der Waals surface area contributed by atoms with Crippen LogP contribution in [0.2, 0.25) is 0 Å². The Labute approximate surface area is 153 Å². The molecule has 0 aliphatic carbocycles. The first kappa shape index (κ1) is 18.2. The lowest BCUT2D eigenvalue weighted by molar-refractivity contribution is -0.132. The van der Waals surface area contributed by atoms with E-state index >= 15 is 0 Å². The fourth-order valence-corrected chi connectivity index (χ4v) is 3.57. The number of rotatable bonds is 6. The van der Waals surface area contributed by atoms with E-state index in [1.54, 1.807) is 20.3 Å². The Kier molecular flexibility index (Phi) is 5.76. The molecule has 1 aliphatic heterocycles. The Morgan fingerprint density at radius 2 is 2.04 bits per heavy atom. The van der Waals surface area contributed by atoms with Crippen LogP contribution in [0, 0.1) is 5.82 Å². The van der Waals surface area contributed by atoms with Crippen molar-refractivity contribution in [2.45, 2.75) is 31.7 Å². The summed E-state index contributed by atoms with van der Waals surface area (Å²) >= 11 is 0. The molecular formula is C21H24FNO3. The van der Waals surface area contributed by atoms with Gasteiger partial charge >= 0.3 is 0 Å². The first-order chi connectivity index (χ1) is 12.6. The molecule has 1 aliphatic rings. The van der Waals surface area contributed by atoms with Gasteiger partial charge in [-0.3, -0.25) is 4.79 Å². The number of likely N-dealkylation sites (tertiary alicyclic amines) is 1. The zero-order valence-corrected chi connectivity index (χ0v) is 15.2. The van der Waals surface area contributed by atoms with Gasteiger partial charge in [-0.1, -0.05) is 12.1 Å². The van der Waals surface area contributed by atoms with Crippen LogP contribution in [0.25, 0.3) is 0 Å². The summed E-state index contributed by atoms with van der Waals surface area (Å²) in [5.41, 5.74) is 1.85. The largest absolute Gasteiger partial charge is 0.497 e. The van der Waals surface area contributed by atoms with E-state index in [-0.39, 0.29) is 17.8 Å². The van der Waals surface area contributed by atoms with Crippen LogP contribution in [0.4, 0.5) is 4.39 Å². The smallest absolute Gasteiger partial charge is 0.223 e. The molecule has 1 atom stereocenters. The third-order valence-corrected chi connectivity index (χ3v) is 4.89. The number of methoxy groups -OCH3 is 2. The first-order valence-electron chi connectivity index (χ1n) is 8.88. The van der Waals surface area contributed by atoms with Crippen LogP contribution < -0.4 is 9.47 Å². The van der Waals surface area contributed by atoms with Crippen molar-refractivity contribution in [3.63, 3.8) is 0 Å². The first-order valence-corrected chi connectivity index (χ1v) is 8.88. The number of carbonyl (C=O) groups excluding carboxylic acids is 1. The summed E-state index contributed by atoms with van der Waals surface area (Å²) in [6.07, 6.45) is 2.79. The average Bonchev–Trinajstić information content (AvgIpc) is 3.15. The lowest BCUT2D eigenvalue weighted by Crippen LogP contribution is -2.30. The van der Waals surface area contributed by atoms with E-state index in [4.69, 9.17) is 9.47 Å². The van der Waals surface area contributed by atoms with Gasteiger partial charge in [-0.15, -0.1) is 0 Å². The van der Waals surface area contributed by atoms with Gasteiger partial charge in [0.2, 0.25) is 5.91 Å². The molecule has 1 saturated heterocycles. The van der Waals surface area contributed by atoms with E-state index in [1.807, 2.05) is 29.2 Å². The minimum atomic E-state index is -0.267. The second-order valence-corrected chi connectivity index (χ2v) is 6.48. The Morgan fingerprint density at radius 3 is 2.77 bits per heavy atom. The van der Waals surface area contributed by atoms with Gasteiger partial charge in [0.1, 0.15) is 17.3 Å². The third-order valence-electron chi connectivity index (χ3n) is 4.89. The highest BCUT2D eigenvalue weighted by Crippen LogP contribution is 2.39.